The molecule has 27 heavy (non-hydrogen) atoms. The van der Waals surface area contributed by atoms with Gasteiger partial charge in [0.25, 0.3) is 0 Å². The summed E-state index contributed by atoms with van der Waals surface area (Å²) in [5.74, 6) is 0.396. The average molecular weight is 356 g/mol. The van der Waals surface area contributed by atoms with Gasteiger partial charge in [-0.15, -0.1) is 10.2 Å². The quantitative estimate of drug-likeness (QED) is 0.398. The standard InChI is InChI=1S/C22H20N4O/c1-17(23-22(27)24-20-15-9-4-10-16-20)25-26-21(18-11-5-2-6-12-18)19-13-7-3-8-14-19/h2-16H,1H3,(H2,23,24,25,27). The van der Waals surface area contributed by atoms with Crippen molar-refractivity contribution >= 4 is 23.3 Å². The second-order valence-electron chi connectivity index (χ2n) is 5.81. The number of nitrogens with one attached hydrogen (secondary N) is 2. The van der Waals surface area contributed by atoms with E-state index >= 15 is 0 Å². The molecule has 0 saturated carbocycles. The molecule has 3 aromatic rings. The normalized spacial score (nSPS) is 10.8. The fourth-order valence-corrected chi connectivity index (χ4v) is 2.47. The highest BCUT2D eigenvalue weighted by molar-refractivity contribution is 6.13. The van der Waals surface area contributed by atoms with E-state index in [1.807, 2.05) is 91.0 Å². The minimum absolute atomic E-state index is 0.362. The number of hydrogen-bond donors (Lipinski definition) is 2. The lowest BCUT2D eigenvalue weighted by molar-refractivity contribution is 0.256. The third kappa shape index (κ3) is 5.37. The molecule has 0 unspecified atom stereocenters. The number of hydrogen-bond acceptors (Lipinski definition) is 3. The van der Waals surface area contributed by atoms with Crippen LogP contribution in [0.1, 0.15) is 18.1 Å². The van der Waals surface area contributed by atoms with Crippen molar-refractivity contribution in [2.24, 2.45) is 10.2 Å². The van der Waals surface area contributed by atoms with Crippen LogP contribution in [0.25, 0.3) is 0 Å². The third-order valence-electron chi connectivity index (χ3n) is 3.72. The maximum absolute atomic E-state index is 12.1. The summed E-state index contributed by atoms with van der Waals surface area (Å²) in [6, 6.07) is 28.5. The van der Waals surface area contributed by atoms with Gasteiger partial charge in [0.1, 0.15) is 11.5 Å². The van der Waals surface area contributed by atoms with E-state index in [1.54, 1.807) is 6.92 Å². The topological polar surface area (TPSA) is 65.8 Å². The van der Waals surface area contributed by atoms with E-state index in [4.69, 9.17) is 0 Å². The van der Waals surface area contributed by atoms with Crippen molar-refractivity contribution < 1.29 is 4.79 Å². The summed E-state index contributed by atoms with van der Waals surface area (Å²) < 4.78 is 0. The fraction of sp³-hybridized carbons (Fsp3) is 0.0455. The molecule has 5 nitrogen and oxygen atoms in total. The molecule has 0 heterocycles. The Balaban J connectivity index is 1.77. The van der Waals surface area contributed by atoms with Crippen LogP contribution in [-0.2, 0) is 0 Å². The highest BCUT2D eigenvalue weighted by Gasteiger charge is 2.07. The summed E-state index contributed by atoms with van der Waals surface area (Å²) in [4.78, 5) is 12.1. The molecule has 134 valence electrons. The number of amides is 2. The molecule has 0 radical (unpaired) electrons. The van der Waals surface area contributed by atoms with E-state index in [1.165, 1.54) is 0 Å². The molecule has 0 fully saturated rings. The van der Waals surface area contributed by atoms with Crippen molar-refractivity contribution in [1.82, 2.24) is 5.32 Å². The van der Waals surface area contributed by atoms with Gasteiger partial charge in [-0.2, -0.15) is 0 Å². The largest absolute Gasteiger partial charge is 0.324 e. The summed E-state index contributed by atoms with van der Waals surface area (Å²) in [5.41, 5.74) is 3.35. The van der Waals surface area contributed by atoms with Crippen molar-refractivity contribution in [1.29, 1.82) is 0 Å². The molecule has 0 atom stereocenters. The van der Waals surface area contributed by atoms with Crippen LogP contribution in [0.3, 0.4) is 0 Å². The van der Waals surface area contributed by atoms with E-state index in [0.29, 0.717) is 11.5 Å². The van der Waals surface area contributed by atoms with Gasteiger partial charge in [0.2, 0.25) is 0 Å². The first-order valence-corrected chi connectivity index (χ1v) is 8.58. The zero-order valence-electron chi connectivity index (χ0n) is 15.0. The molecule has 2 amide bonds. The second-order valence-corrected chi connectivity index (χ2v) is 5.81. The predicted molar refractivity (Wildman–Crippen MR) is 110 cm³/mol. The van der Waals surface area contributed by atoms with Crippen LogP contribution in [0.4, 0.5) is 10.5 Å². The first-order valence-electron chi connectivity index (χ1n) is 8.58. The molecule has 0 spiro atoms. The summed E-state index contributed by atoms with van der Waals surface area (Å²) in [7, 11) is 0. The molecule has 2 N–H and O–H groups in total. The lowest BCUT2D eigenvalue weighted by atomic mass is 10.0. The van der Waals surface area contributed by atoms with Crippen molar-refractivity contribution in [2.45, 2.75) is 6.92 Å². The first kappa shape index (κ1) is 18.1. The zero-order valence-corrected chi connectivity index (χ0v) is 15.0. The van der Waals surface area contributed by atoms with Crippen molar-refractivity contribution in [3.8, 4) is 0 Å². The summed E-state index contributed by atoms with van der Waals surface area (Å²) in [5, 5.41) is 14.0. The SMILES string of the molecule is C/C(=N\N=C(c1ccccc1)c1ccccc1)NC(=O)Nc1ccccc1. The molecule has 3 aromatic carbocycles. The fourth-order valence-electron chi connectivity index (χ4n) is 2.47. The number of urea groups is 1. The van der Waals surface area contributed by atoms with E-state index in [0.717, 1.165) is 16.8 Å². The highest BCUT2D eigenvalue weighted by atomic mass is 16.2. The molecule has 3 rings (SSSR count). The lowest BCUT2D eigenvalue weighted by Crippen LogP contribution is -2.32. The second kappa shape index (κ2) is 9.10. The Morgan fingerprint density at radius 2 is 1.19 bits per heavy atom. The molecule has 5 heteroatoms. The van der Waals surface area contributed by atoms with Crippen LogP contribution < -0.4 is 10.6 Å². The summed E-state index contributed by atoms with van der Waals surface area (Å²) in [6.07, 6.45) is 0. The van der Waals surface area contributed by atoms with Gasteiger partial charge in [-0.05, 0) is 19.1 Å². The molecule has 0 saturated heterocycles. The Hall–Kier alpha value is -3.73. The molecule has 0 aliphatic carbocycles. The minimum Gasteiger partial charge on any atom is -0.308 e. The van der Waals surface area contributed by atoms with E-state index in [-0.39, 0.29) is 6.03 Å². The van der Waals surface area contributed by atoms with Gasteiger partial charge < -0.3 is 5.32 Å². The number of carbonyl (C=O) groups excluding carboxylic acids is 1. The van der Waals surface area contributed by atoms with Gasteiger partial charge in [-0.25, -0.2) is 4.79 Å². The smallest absolute Gasteiger partial charge is 0.308 e. The van der Waals surface area contributed by atoms with Gasteiger partial charge in [0.05, 0.1) is 0 Å². The molecule has 0 aliphatic rings. The maximum Gasteiger partial charge on any atom is 0.324 e. The molecular formula is C22H20N4O. The highest BCUT2D eigenvalue weighted by Crippen LogP contribution is 2.11. The average Bonchev–Trinajstić information content (AvgIpc) is 2.70. The monoisotopic (exact) mass is 356 g/mol. The van der Waals surface area contributed by atoms with E-state index in [2.05, 4.69) is 20.8 Å². The van der Waals surface area contributed by atoms with Gasteiger partial charge in [-0.3, -0.25) is 5.32 Å². The van der Waals surface area contributed by atoms with Gasteiger partial charge in [0.15, 0.2) is 0 Å². The number of rotatable bonds is 4. The van der Waals surface area contributed by atoms with Crippen LogP contribution in [0.5, 0.6) is 0 Å². The molecule has 0 aromatic heterocycles. The number of carbonyl (C=O) groups is 1. The van der Waals surface area contributed by atoms with Crippen LogP contribution in [0, 0.1) is 0 Å². The van der Waals surface area contributed by atoms with Crippen molar-refractivity contribution in [2.75, 3.05) is 5.32 Å². The van der Waals surface area contributed by atoms with Crippen LogP contribution in [0.2, 0.25) is 0 Å². The minimum atomic E-state index is -0.362. The van der Waals surface area contributed by atoms with Crippen LogP contribution >= 0.6 is 0 Å². The van der Waals surface area contributed by atoms with Gasteiger partial charge >= 0.3 is 6.03 Å². The van der Waals surface area contributed by atoms with Crippen LogP contribution in [0.15, 0.2) is 101 Å². The van der Waals surface area contributed by atoms with Crippen LogP contribution in [-0.4, -0.2) is 17.6 Å². The summed E-state index contributed by atoms with van der Waals surface area (Å²) >= 11 is 0. The Kier molecular flexibility index (Phi) is 6.09. The Bertz CT molecular complexity index is 894. The third-order valence-corrected chi connectivity index (χ3v) is 3.72. The Morgan fingerprint density at radius 3 is 1.70 bits per heavy atom. The number of anilines is 1. The summed E-state index contributed by atoms with van der Waals surface area (Å²) in [6.45, 7) is 1.70. The van der Waals surface area contributed by atoms with Gasteiger partial charge in [0, 0.05) is 16.8 Å². The van der Waals surface area contributed by atoms with Crippen molar-refractivity contribution in [3.63, 3.8) is 0 Å². The number of benzene rings is 3. The molecule has 0 bridgehead atoms. The molecular weight excluding hydrogens is 336 g/mol. The van der Waals surface area contributed by atoms with Gasteiger partial charge in [-0.1, -0.05) is 78.9 Å². The maximum atomic E-state index is 12.1. The number of amidine groups is 1. The van der Waals surface area contributed by atoms with E-state index in [9.17, 15) is 4.79 Å². The Labute approximate surface area is 158 Å². The number of para-hydroxylation sites is 1. The number of nitrogens with zero attached hydrogens (tertiary/aromatic N) is 2. The molecule has 0 aliphatic heterocycles. The predicted octanol–water partition coefficient (Wildman–Crippen LogP) is 4.68. The van der Waals surface area contributed by atoms with E-state index < -0.39 is 0 Å². The first-order chi connectivity index (χ1) is 13.2. The zero-order chi connectivity index (χ0) is 18.9. The Morgan fingerprint density at radius 1 is 0.704 bits per heavy atom. The lowest BCUT2D eigenvalue weighted by Gasteiger charge is -2.07. The van der Waals surface area contributed by atoms with Crippen molar-refractivity contribution in [3.05, 3.63) is 102 Å².